The Balaban J connectivity index is 2.06. The van der Waals surface area contributed by atoms with Crippen LogP contribution in [0.4, 0.5) is 0 Å². The van der Waals surface area contributed by atoms with Gasteiger partial charge in [0.05, 0.1) is 0 Å². The van der Waals surface area contributed by atoms with Crippen LogP contribution in [0.3, 0.4) is 0 Å². The minimum Gasteiger partial charge on any atom is -0.316 e. The molecule has 2 rings (SSSR count). The second kappa shape index (κ2) is 4.96. The normalized spacial score (nSPS) is 28.0. The molecule has 0 radical (unpaired) electrons. The summed E-state index contributed by atoms with van der Waals surface area (Å²) in [6, 6.07) is 4.29. The molecule has 1 saturated carbocycles. The zero-order valence-electron chi connectivity index (χ0n) is 10.4. The Labute approximate surface area is 98.5 Å². The predicted octanol–water partition coefficient (Wildman–Crippen LogP) is 2.75. The lowest BCUT2D eigenvalue weighted by molar-refractivity contribution is 0.522. The number of pyridine rings is 1. The molecule has 1 aliphatic rings. The predicted molar refractivity (Wildman–Crippen MR) is 67.5 cm³/mol. The van der Waals surface area contributed by atoms with E-state index < -0.39 is 0 Å². The third-order valence-electron chi connectivity index (χ3n) is 3.83. The molecule has 1 aliphatic carbocycles. The van der Waals surface area contributed by atoms with Crippen molar-refractivity contribution in [1.29, 1.82) is 0 Å². The van der Waals surface area contributed by atoms with Crippen LogP contribution in [-0.2, 0) is 5.41 Å². The molecule has 2 unspecified atom stereocenters. The van der Waals surface area contributed by atoms with E-state index in [0.29, 0.717) is 5.41 Å². The van der Waals surface area contributed by atoms with Gasteiger partial charge in [-0.3, -0.25) is 4.98 Å². The van der Waals surface area contributed by atoms with E-state index in [1.54, 1.807) is 0 Å². The van der Waals surface area contributed by atoms with E-state index in [9.17, 15) is 0 Å². The summed E-state index contributed by atoms with van der Waals surface area (Å²) in [6.45, 7) is 6.75. The monoisotopic (exact) mass is 218 g/mol. The summed E-state index contributed by atoms with van der Waals surface area (Å²) < 4.78 is 0. The molecular weight excluding hydrogens is 196 g/mol. The van der Waals surface area contributed by atoms with Crippen LogP contribution in [0.15, 0.2) is 24.5 Å². The van der Waals surface area contributed by atoms with E-state index in [1.165, 1.54) is 24.8 Å². The van der Waals surface area contributed by atoms with Gasteiger partial charge in [0.25, 0.3) is 0 Å². The average Bonchev–Trinajstić information content (AvgIpc) is 3.06. The third-order valence-corrected chi connectivity index (χ3v) is 3.83. The van der Waals surface area contributed by atoms with E-state index >= 15 is 0 Å². The van der Waals surface area contributed by atoms with Crippen LogP contribution in [0.25, 0.3) is 0 Å². The first-order valence-corrected chi connectivity index (χ1v) is 6.44. The SMILES string of the molecule is CCCNCC1(c2cccnc2)CC1CC. The lowest BCUT2D eigenvalue weighted by atomic mass is 9.93. The van der Waals surface area contributed by atoms with Crippen LogP contribution < -0.4 is 5.32 Å². The van der Waals surface area contributed by atoms with Crippen LogP contribution in [-0.4, -0.2) is 18.1 Å². The fourth-order valence-corrected chi connectivity index (χ4v) is 2.73. The van der Waals surface area contributed by atoms with Crippen LogP contribution in [0, 0.1) is 5.92 Å². The van der Waals surface area contributed by atoms with E-state index in [-0.39, 0.29) is 0 Å². The summed E-state index contributed by atoms with van der Waals surface area (Å²) in [5, 5.41) is 3.57. The van der Waals surface area contributed by atoms with Gasteiger partial charge in [-0.25, -0.2) is 0 Å². The lowest BCUT2D eigenvalue weighted by Crippen LogP contribution is -2.29. The van der Waals surface area contributed by atoms with Gasteiger partial charge >= 0.3 is 0 Å². The summed E-state index contributed by atoms with van der Waals surface area (Å²) in [7, 11) is 0. The molecule has 2 nitrogen and oxygen atoms in total. The second-order valence-corrected chi connectivity index (χ2v) is 4.88. The topological polar surface area (TPSA) is 24.9 Å². The lowest BCUT2D eigenvalue weighted by Gasteiger charge is -2.18. The van der Waals surface area contributed by atoms with Crippen molar-refractivity contribution >= 4 is 0 Å². The summed E-state index contributed by atoms with van der Waals surface area (Å²) in [6.07, 6.45) is 7.72. The van der Waals surface area contributed by atoms with Crippen molar-refractivity contribution in [3.05, 3.63) is 30.1 Å². The molecule has 1 heterocycles. The summed E-state index contributed by atoms with van der Waals surface area (Å²) in [5.74, 6) is 0.848. The van der Waals surface area contributed by atoms with Gasteiger partial charge in [-0.15, -0.1) is 0 Å². The minimum absolute atomic E-state index is 0.387. The van der Waals surface area contributed by atoms with Gasteiger partial charge < -0.3 is 5.32 Å². The Bertz CT molecular complexity index is 323. The Morgan fingerprint density at radius 2 is 2.38 bits per heavy atom. The van der Waals surface area contributed by atoms with E-state index in [1.807, 2.05) is 12.4 Å². The number of aromatic nitrogens is 1. The molecule has 0 aliphatic heterocycles. The molecule has 0 amide bonds. The van der Waals surface area contributed by atoms with Crippen molar-refractivity contribution in [2.24, 2.45) is 5.92 Å². The average molecular weight is 218 g/mol. The zero-order chi connectivity index (χ0) is 11.4. The molecule has 1 N–H and O–H groups in total. The molecule has 0 bridgehead atoms. The standard InChI is InChI=1S/C14H22N2/c1-3-7-16-11-14(9-12(14)4-2)13-6-5-8-15-10-13/h5-6,8,10,12,16H,3-4,7,9,11H2,1-2H3. The third kappa shape index (κ3) is 2.12. The van der Waals surface area contributed by atoms with Gasteiger partial charge in [-0.1, -0.05) is 26.3 Å². The van der Waals surface area contributed by atoms with Gasteiger partial charge in [-0.05, 0) is 36.9 Å². The van der Waals surface area contributed by atoms with Crippen molar-refractivity contribution in [2.45, 2.75) is 38.5 Å². The van der Waals surface area contributed by atoms with Crippen molar-refractivity contribution < 1.29 is 0 Å². The smallest absolute Gasteiger partial charge is 0.0306 e. The Morgan fingerprint density at radius 3 is 2.94 bits per heavy atom. The molecule has 2 atom stereocenters. The van der Waals surface area contributed by atoms with Crippen molar-refractivity contribution in [2.75, 3.05) is 13.1 Å². The van der Waals surface area contributed by atoms with Gasteiger partial charge in [-0.2, -0.15) is 0 Å². The Hall–Kier alpha value is -0.890. The summed E-state index contributed by atoms with van der Waals surface area (Å²) in [4.78, 5) is 4.26. The van der Waals surface area contributed by atoms with Crippen molar-refractivity contribution in [1.82, 2.24) is 10.3 Å². The quantitative estimate of drug-likeness (QED) is 0.743. The zero-order valence-corrected chi connectivity index (χ0v) is 10.4. The molecule has 1 aromatic heterocycles. The number of nitrogens with one attached hydrogen (secondary N) is 1. The van der Waals surface area contributed by atoms with Gasteiger partial charge in [0.2, 0.25) is 0 Å². The fourth-order valence-electron chi connectivity index (χ4n) is 2.73. The number of rotatable bonds is 6. The second-order valence-electron chi connectivity index (χ2n) is 4.88. The van der Waals surface area contributed by atoms with Crippen LogP contribution in [0.2, 0.25) is 0 Å². The minimum atomic E-state index is 0.387. The maximum Gasteiger partial charge on any atom is 0.0306 e. The molecule has 1 fully saturated rings. The molecular formula is C14H22N2. The first kappa shape index (κ1) is 11.6. The first-order chi connectivity index (χ1) is 7.83. The van der Waals surface area contributed by atoms with Crippen LogP contribution in [0.1, 0.15) is 38.7 Å². The summed E-state index contributed by atoms with van der Waals surface area (Å²) in [5.41, 5.74) is 1.81. The highest BCUT2D eigenvalue weighted by atomic mass is 14.9. The maximum atomic E-state index is 4.26. The summed E-state index contributed by atoms with van der Waals surface area (Å²) >= 11 is 0. The molecule has 88 valence electrons. The van der Waals surface area contributed by atoms with Gasteiger partial charge in [0.15, 0.2) is 0 Å². The van der Waals surface area contributed by atoms with Crippen molar-refractivity contribution in [3.63, 3.8) is 0 Å². The largest absolute Gasteiger partial charge is 0.316 e. The van der Waals surface area contributed by atoms with E-state index in [4.69, 9.17) is 0 Å². The molecule has 16 heavy (non-hydrogen) atoms. The molecule has 0 aromatic carbocycles. The highest BCUT2D eigenvalue weighted by Crippen LogP contribution is 2.55. The van der Waals surface area contributed by atoms with Crippen molar-refractivity contribution in [3.8, 4) is 0 Å². The van der Waals surface area contributed by atoms with Crippen LogP contribution >= 0.6 is 0 Å². The number of hydrogen-bond acceptors (Lipinski definition) is 2. The number of nitrogens with zero attached hydrogens (tertiary/aromatic N) is 1. The molecule has 1 aromatic rings. The highest BCUT2D eigenvalue weighted by Gasteiger charge is 2.53. The fraction of sp³-hybridized carbons (Fsp3) is 0.643. The number of hydrogen-bond donors (Lipinski definition) is 1. The van der Waals surface area contributed by atoms with Gasteiger partial charge in [0.1, 0.15) is 0 Å². The van der Waals surface area contributed by atoms with E-state index in [2.05, 4.69) is 36.3 Å². The van der Waals surface area contributed by atoms with E-state index in [0.717, 1.165) is 19.0 Å². The first-order valence-electron chi connectivity index (χ1n) is 6.44. The Kier molecular flexibility index (Phi) is 3.59. The molecule has 0 spiro atoms. The molecule has 2 heteroatoms. The maximum absolute atomic E-state index is 4.26. The van der Waals surface area contributed by atoms with Crippen LogP contribution in [0.5, 0.6) is 0 Å². The van der Waals surface area contributed by atoms with Gasteiger partial charge in [0, 0.05) is 24.4 Å². The molecule has 0 saturated heterocycles. The highest BCUT2D eigenvalue weighted by molar-refractivity contribution is 5.32. The Morgan fingerprint density at radius 1 is 1.50 bits per heavy atom.